The van der Waals surface area contributed by atoms with Crippen molar-refractivity contribution in [3.63, 3.8) is 0 Å². The summed E-state index contributed by atoms with van der Waals surface area (Å²) in [7, 11) is 1.49. The molecule has 2 amide bonds. The molecule has 0 aliphatic heterocycles. The van der Waals surface area contributed by atoms with Crippen LogP contribution in [0.1, 0.15) is 34.6 Å². The van der Waals surface area contributed by atoms with E-state index in [2.05, 4.69) is 31.9 Å². The Morgan fingerprint density at radius 1 is 1.07 bits per heavy atom. The third-order valence-electron chi connectivity index (χ3n) is 3.46. The summed E-state index contributed by atoms with van der Waals surface area (Å²) in [6.07, 6.45) is 0. The fourth-order valence-corrected chi connectivity index (χ4v) is 2.81. The number of rotatable bonds is 5. The lowest BCUT2D eigenvalue weighted by atomic mass is 10.2. The molecule has 0 radical (unpaired) electrons. The van der Waals surface area contributed by atoms with Crippen LogP contribution in [0.5, 0.6) is 5.75 Å². The molecule has 0 saturated heterocycles. The van der Waals surface area contributed by atoms with Crippen molar-refractivity contribution in [2.45, 2.75) is 19.9 Å². The molecule has 8 heteroatoms. The van der Waals surface area contributed by atoms with Crippen LogP contribution in [0.2, 0.25) is 0 Å². The topological polar surface area (TPSA) is 79.5 Å². The smallest absolute Gasteiger partial charge is 0.261 e. The van der Waals surface area contributed by atoms with E-state index in [4.69, 9.17) is 17.0 Å². The lowest BCUT2D eigenvalue weighted by molar-refractivity contribution is 0.0941. The highest BCUT2D eigenvalue weighted by Crippen LogP contribution is 2.22. The zero-order valence-electron chi connectivity index (χ0n) is 15.1. The number of carbonyl (C=O) groups is 2. The van der Waals surface area contributed by atoms with Gasteiger partial charge in [-0.15, -0.1) is 0 Å². The van der Waals surface area contributed by atoms with E-state index in [1.54, 1.807) is 42.5 Å². The number of carbonyl (C=O) groups excluding carboxylic acids is 2. The quantitative estimate of drug-likeness (QED) is 0.606. The van der Waals surface area contributed by atoms with Crippen molar-refractivity contribution in [3.8, 4) is 5.75 Å². The minimum Gasteiger partial charge on any atom is -0.496 e. The van der Waals surface area contributed by atoms with E-state index in [1.807, 2.05) is 13.8 Å². The Bertz CT molecular complexity index is 854. The van der Waals surface area contributed by atoms with Crippen molar-refractivity contribution >= 4 is 50.8 Å². The van der Waals surface area contributed by atoms with Gasteiger partial charge < -0.3 is 15.4 Å². The van der Waals surface area contributed by atoms with Gasteiger partial charge in [-0.3, -0.25) is 14.9 Å². The Morgan fingerprint density at radius 2 is 1.74 bits per heavy atom. The van der Waals surface area contributed by atoms with Gasteiger partial charge in [0, 0.05) is 21.8 Å². The predicted molar refractivity (Wildman–Crippen MR) is 113 cm³/mol. The zero-order chi connectivity index (χ0) is 20.0. The maximum atomic E-state index is 12.4. The monoisotopic (exact) mass is 449 g/mol. The molecule has 3 N–H and O–H groups in total. The molecular formula is C19H20BrN3O3S. The fraction of sp³-hybridized carbons (Fsp3) is 0.211. The van der Waals surface area contributed by atoms with Crippen LogP contribution in [0, 0.1) is 0 Å². The van der Waals surface area contributed by atoms with Gasteiger partial charge in [0.25, 0.3) is 11.8 Å². The lowest BCUT2D eigenvalue weighted by Crippen LogP contribution is -2.34. The number of ether oxygens (including phenoxy) is 1. The second-order valence-corrected chi connectivity index (χ2v) is 7.28. The van der Waals surface area contributed by atoms with E-state index in [-0.39, 0.29) is 17.1 Å². The summed E-state index contributed by atoms with van der Waals surface area (Å²) in [5.41, 5.74) is 1.56. The third-order valence-corrected chi connectivity index (χ3v) is 4.16. The van der Waals surface area contributed by atoms with Gasteiger partial charge in [-0.1, -0.05) is 15.9 Å². The molecule has 0 atom stereocenters. The largest absolute Gasteiger partial charge is 0.496 e. The fourth-order valence-electron chi connectivity index (χ4n) is 2.24. The van der Waals surface area contributed by atoms with E-state index in [0.717, 1.165) is 4.47 Å². The van der Waals surface area contributed by atoms with E-state index >= 15 is 0 Å². The second kappa shape index (κ2) is 9.48. The van der Waals surface area contributed by atoms with Crippen molar-refractivity contribution in [2.24, 2.45) is 0 Å². The minimum atomic E-state index is -0.390. The molecule has 0 saturated carbocycles. The van der Waals surface area contributed by atoms with E-state index in [9.17, 15) is 9.59 Å². The van der Waals surface area contributed by atoms with Gasteiger partial charge in [0.1, 0.15) is 5.75 Å². The first kappa shape index (κ1) is 20.9. The molecule has 0 unspecified atom stereocenters. The first-order valence-corrected chi connectivity index (χ1v) is 9.37. The summed E-state index contributed by atoms with van der Waals surface area (Å²) < 4.78 is 5.95. The molecule has 0 aromatic heterocycles. The van der Waals surface area contributed by atoms with Crippen molar-refractivity contribution in [1.29, 1.82) is 0 Å². The Balaban J connectivity index is 2.00. The molecule has 27 heavy (non-hydrogen) atoms. The highest BCUT2D eigenvalue weighted by molar-refractivity contribution is 9.10. The number of methoxy groups -OCH3 is 1. The number of thiocarbonyl (C=S) groups is 1. The van der Waals surface area contributed by atoms with Gasteiger partial charge in [0.05, 0.1) is 12.7 Å². The first-order chi connectivity index (χ1) is 12.8. The molecule has 2 aromatic carbocycles. The van der Waals surface area contributed by atoms with Crippen molar-refractivity contribution < 1.29 is 14.3 Å². The maximum absolute atomic E-state index is 12.4. The van der Waals surface area contributed by atoms with Crippen LogP contribution in [0.15, 0.2) is 46.9 Å². The zero-order valence-corrected chi connectivity index (χ0v) is 17.5. The highest BCUT2D eigenvalue weighted by atomic mass is 79.9. The number of anilines is 1. The number of nitrogens with one attached hydrogen (secondary N) is 3. The van der Waals surface area contributed by atoms with Crippen LogP contribution in [0.3, 0.4) is 0 Å². The van der Waals surface area contributed by atoms with Crippen LogP contribution in [-0.4, -0.2) is 30.1 Å². The summed E-state index contributed by atoms with van der Waals surface area (Å²) >= 11 is 8.52. The molecule has 6 nitrogen and oxygen atoms in total. The van der Waals surface area contributed by atoms with Gasteiger partial charge in [-0.05, 0) is 68.5 Å². The van der Waals surface area contributed by atoms with E-state index < -0.39 is 5.91 Å². The molecule has 0 aliphatic carbocycles. The van der Waals surface area contributed by atoms with Crippen LogP contribution in [0.25, 0.3) is 0 Å². The van der Waals surface area contributed by atoms with Crippen LogP contribution in [-0.2, 0) is 0 Å². The molecule has 0 bridgehead atoms. The van der Waals surface area contributed by atoms with Crippen molar-refractivity contribution in [2.75, 3.05) is 12.4 Å². The Labute approximate surface area is 171 Å². The number of hydrogen-bond acceptors (Lipinski definition) is 4. The van der Waals surface area contributed by atoms with Crippen LogP contribution < -0.4 is 20.7 Å². The number of benzene rings is 2. The lowest BCUT2D eigenvalue weighted by Gasteiger charge is -2.12. The van der Waals surface area contributed by atoms with E-state index in [0.29, 0.717) is 22.6 Å². The standard InChI is InChI=1S/C19H20BrN3O3S/c1-11(2)21-17(24)12-4-7-14(8-5-12)22-19(27)23-18(25)15-10-13(20)6-9-16(15)26-3/h4-11H,1-3H3,(H,21,24)(H2,22,23,25,27). The van der Waals surface area contributed by atoms with Crippen LogP contribution >= 0.6 is 28.1 Å². The SMILES string of the molecule is COc1ccc(Br)cc1C(=O)NC(=S)Nc1ccc(C(=O)NC(C)C)cc1. The molecular weight excluding hydrogens is 430 g/mol. The van der Waals surface area contributed by atoms with Gasteiger partial charge in [0.2, 0.25) is 0 Å². The molecule has 142 valence electrons. The Kier molecular flexibility index (Phi) is 7.32. The summed E-state index contributed by atoms with van der Waals surface area (Å²) in [6, 6.07) is 12.0. The first-order valence-electron chi connectivity index (χ1n) is 8.17. The van der Waals surface area contributed by atoms with Gasteiger partial charge in [-0.2, -0.15) is 0 Å². The molecule has 0 spiro atoms. The number of amides is 2. The Morgan fingerprint density at radius 3 is 2.33 bits per heavy atom. The minimum absolute atomic E-state index is 0.0631. The summed E-state index contributed by atoms with van der Waals surface area (Å²) in [6.45, 7) is 3.80. The van der Waals surface area contributed by atoms with Gasteiger partial charge >= 0.3 is 0 Å². The van der Waals surface area contributed by atoms with Crippen LogP contribution in [0.4, 0.5) is 5.69 Å². The predicted octanol–water partition coefficient (Wildman–Crippen LogP) is 3.72. The molecule has 2 rings (SSSR count). The molecule has 0 fully saturated rings. The van der Waals surface area contributed by atoms with Crippen molar-refractivity contribution in [1.82, 2.24) is 10.6 Å². The average Bonchev–Trinajstić information content (AvgIpc) is 2.61. The molecule has 0 heterocycles. The highest BCUT2D eigenvalue weighted by Gasteiger charge is 2.14. The average molecular weight is 450 g/mol. The normalized spacial score (nSPS) is 10.3. The second-order valence-electron chi connectivity index (χ2n) is 5.96. The summed E-state index contributed by atoms with van der Waals surface area (Å²) in [5, 5.41) is 8.49. The summed E-state index contributed by atoms with van der Waals surface area (Å²) in [4.78, 5) is 24.4. The summed E-state index contributed by atoms with van der Waals surface area (Å²) in [5.74, 6) is -0.0909. The number of hydrogen-bond donors (Lipinski definition) is 3. The molecule has 0 aliphatic rings. The van der Waals surface area contributed by atoms with Gasteiger partial charge in [0.15, 0.2) is 5.11 Å². The molecule has 2 aromatic rings. The van der Waals surface area contributed by atoms with E-state index in [1.165, 1.54) is 7.11 Å². The maximum Gasteiger partial charge on any atom is 0.261 e. The van der Waals surface area contributed by atoms with Crippen molar-refractivity contribution in [3.05, 3.63) is 58.1 Å². The Hall–Kier alpha value is -2.45. The third kappa shape index (κ3) is 6.04. The van der Waals surface area contributed by atoms with Gasteiger partial charge in [-0.25, -0.2) is 0 Å². The number of halogens is 1.